The van der Waals surface area contributed by atoms with Gasteiger partial charge in [-0.25, -0.2) is 0 Å². The van der Waals surface area contributed by atoms with Gasteiger partial charge in [0.2, 0.25) is 5.91 Å². The Bertz CT molecular complexity index is 911. The van der Waals surface area contributed by atoms with Crippen molar-refractivity contribution in [1.82, 2.24) is 9.55 Å². The summed E-state index contributed by atoms with van der Waals surface area (Å²) in [5.41, 5.74) is 2.26. The van der Waals surface area contributed by atoms with Crippen LogP contribution in [0.4, 0.5) is 5.82 Å². The Morgan fingerprint density at radius 1 is 1.42 bits per heavy atom. The van der Waals surface area contributed by atoms with Gasteiger partial charge >= 0.3 is 0 Å². The predicted octanol–water partition coefficient (Wildman–Crippen LogP) is 2.29. The highest BCUT2D eigenvalue weighted by Crippen LogP contribution is 2.36. The van der Waals surface area contributed by atoms with E-state index >= 15 is 0 Å². The van der Waals surface area contributed by atoms with Crippen LogP contribution in [0.3, 0.4) is 0 Å². The normalized spacial score (nSPS) is 16.2. The zero-order valence-electron chi connectivity index (χ0n) is 13.5. The summed E-state index contributed by atoms with van der Waals surface area (Å²) in [6.45, 7) is 1.98. The lowest BCUT2D eigenvalue weighted by molar-refractivity contribution is -0.116. The van der Waals surface area contributed by atoms with Crippen molar-refractivity contribution >= 4 is 23.5 Å². The van der Waals surface area contributed by atoms with Gasteiger partial charge in [-0.05, 0) is 18.1 Å². The summed E-state index contributed by atoms with van der Waals surface area (Å²) in [6, 6.07) is 7.81. The average Bonchev–Trinajstić information content (AvgIpc) is 2.56. The molecule has 1 N–H and O–H groups in total. The van der Waals surface area contributed by atoms with Gasteiger partial charge in [-0.3, -0.25) is 9.59 Å². The number of aryl methyl sites for hydroxylation is 1. The molecule has 0 bridgehead atoms. The second-order valence-electron chi connectivity index (χ2n) is 5.68. The number of anilines is 1. The third-order valence-corrected chi connectivity index (χ3v) is 5.08. The second kappa shape index (κ2) is 6.54. The van der Waals surface area contributed by atoms with Gasteiger partial charge in [0.25, 0.3) is 5.56 Å². The molecule has 5 nitrogen and oxygen atoms in total. The van der Waals surface area contributed by atoms with Crippen molar-refractivity contribution < 1.29 is 4.79 Å². The number of rotatable bonds is 3. The van der Waals surface area contributed by atoms with Gasteiger partial charge in [0.1, 0.15) is 5.82 Å². The number of nitrogens with one attached hydrogen (secondary N) is 1. The molecule has 3 rings (SSSR count). The molecule has 1 atom stereocenters. The van der Waals surface area contributed by atoms with Gasteiger partial charge in [-0.1, -0.05) is 41.9 Å². The molecule has 0 radical (unpaired) electrons. The minimum Gasteiger partial charge on any atom is -0.312 e. The van der Waals surface area contributed by atoms with E-state index in [1.165, 1.54) is 11.8 Å². The first-order valence-electron chi connectivity index (χ1n) is 7.55. The fourth-order valence-electron chi connectivity index (χ4n) is 3.01. The number of hydrogen-bond donors (Lipinski definition) is 1. The van der Waals surface area contributed by atoms with Gasteiger partial charge in [-0.15, -0.1) is 6.42 Å². The Balaban J connectivity index is 2.19. The van der Waals surface area contributed by atoms with Crippen LogP contribution >= 0.6 is 11.8 Å². The minimum atomic E-state index is -0.309. The van der Waals surface area contributed by atoms with Crippen LogP contribution in [-0.2, 0) is 11.8 Å². The van der Waals surface area contributed by atoms with Crippen LogP contribution in [0.1, 0.15) is 29.0 Å². The molecule has 0 saturated carbocycles. The van der Waals surface area contributed by atoms with Gasteiger partial charge in [-0.2, -0.15) is 4.98 Å². The summed E-state index contributed by atoms with van der Waals surface area (Å²) >= 11 is 1.30. The first-order chi connectivity index (χ1) is 11.5. The van der Waals surface area contributed by atoms with Crippen LogP contribution in [0.15, 0.2) is 34.2 Å². The summed E-state index contributed by atoms with van der Waals surface area (Å²) in [5.74, 6) is 3.05. The first-order valence-corrected chi connectivity index (χ1v) is 8.54. The van der Waals surface area contributed by atoms with Gasteiger partial charge in [0.15, 0.2) is 5.16 Å². The number of aromatic nitrogens is 2. The van der Waals surface area contributed by atoms with Crippen LogP contribution in [0.25, 0.3) is 0 Å². The maximum atomic E-state index is 12.7. The lowest BCUT2D eigenvalue weighted by Gasteiger charge is -2.28. The number of thioether (sulfide) groups is 1. The summed E-state index contributed by atoms with van der Waals surface area (Å²) in [7, 11) is 1.78. The molecular weight excluding hydrogens is 322 g/mol. The number of terminal acetylenes is 1. The molecule has 24 heavy (non-hydrogen) atoms. The molecule has 0 fully saturated rings. The quantitative estimate of drug-likeness (QED) is 0.529. The number of carbonyl (C=O) groups is 1. The largest absolute Gasteiger partial charge is 0.312 e. The first kappa shape index (κ1) is 16.3. The lowest BCUT2D eigenvalue weighted by atomic mass is 9.84. The summed E-state index contributed by atoms with van der Waals surface area (Å²) in [6.07, 6.45) is 5.52. The molecule has 1 aliphatic heterocycles. The molecule has 122 valence electrons. The number of amides is 1. The van der Waals surface area contributed by atoms with Crippen LogP contribution in [-0.4, -0.2) is 21.2 Å². The van der Waals surface area contributed by atoms with Crippen molar-refractivity contribution in [2.75, 3.05) is 11.1 Å². The average molecular weight is 339 g/mol. The van der Waals surface area contributed by atoms with Crippen molar-refractivity contribution in [2.45, 2.75) is 24.4 Å². The molecule has 0 aliphatic carbocycles. The second-order valence-corrected chi connectivity index (χ2v) is 6.62. The molecule has 6 heteroatoms. The fraction of sp³-hybridized carbons (Fsp3) is 0.278. The smallest absolute Gasteiger partial charge is 0.279 e. The molecule has 1 unspecified atom stereocenters. The standard InChI is InChI=1S/C18H17N3O2S/c1-4-9-24-18-20-17(23)15-13(12-8-6-5-7-11(12)2)10-14(22)19-16(15)21(18)3/h1,5-8,13H,9-10H2,2-3H3,(H,19,22). The molecular formula is C18H17N3O2S. The zero-order valence-corrected chi connectivity index (χ0v) is 14.3. The number of hydrogen-bond acceptors (Lipinski definition) is 4. The van der Waals surface area contributed by atoms with Gasteiger partial charge in [0.05, 0.1) is 11.3 Å². The van der Waals surface area contributed by atoms with Crippen molar-refractivity contribution in [3.8, 4) is 12.3 Å². The van der Waals surface area contributed by atoms with E-state index < -0.39 is 0 Å². The molecule has 0 spiro atoms. The summed E-state index contributed by atoms with van der Waals surface area (Å²) < 4.78 is 1.74. The van der Waals surface area contributed by atoms with Crippen LogP contribution in [0, 0.1) is 19.3 Å². The Kier molecular flexibility index (Phi) is 4.45. The van der Waals surface area contributed by atoms with Crippen LogP contribution in [0.5, 0.6) is 0 Å². The fourth-order valence-corrected chi connectivity index (χ4v) is 3.66. The maximum absolute atomic E-state index is 12.7. The molecule has 1 aliphatic rings. The van der Waals surface area contributed by atoms with Crippen molar-refractivity contribution in [3.63, 3.8) is 0 Å². The summed E-state index contributed by atoms with van der Waals surface area (Å²) in [5, 5.41) is 3.33. The van der Waals surface area contributed by atoms with E-state index in [-0.39, 0.29) is 23.8 Å². The molecule has 0 saturated heterocycles. The monoisotopic (exact) mass is 339 g/mol. The number of carbonyl (C=O) groups excluding carboxylic acids is 1. The van der Waals surface area contributed by atoms with Crippen LogP contribution < -0.4 is 10.9 Å². The van der Waals surface area contributed by atoms with E-state index in [1.54, 1.807) is 11.6 Å². The number of nitrogens with zero attached hydrogens (tertiary/aromatic N) is 2. The van der Waals surface area contributed by atoms with Gasteiger partial charge < -0.3 is 9.88 Å². The topological polar surface area (TPSA) is 64.0 Å². The molecule has 1 amide bonds. The Morgan fingerprint density at radius 3 is 2.88 bits per heavy atom. The van der Waals surface area contributed by atoms with Crippen molar-refractivity contribution in [2.24, 2.45) is 7.05 Å². The highest BCUT2D eigenvalue weighted by atomic mass is 32.2. The Labute approximate surface area is 144 Å². The van der Waals surface area contributed by atoms with E-state index in [1.807, 2.05) is 31.2 Å². The molecule has 1 aromatic heterocycles. The predicted molar refractivity (Wildman–Crippen MR) is 95.3 cm³/mol. The lowest BCUT2D eigenvalue weighted by Crippen LogP contribution is -2.33. The molecule has 1 aromatic carbocycles. The minimum absolute atomic E-state index is 0.107. The number of fused-ring (bicyclic) bond motifs is 1. The van der Waals surface area contributed by atoms with Crippen molar-refractivity contribution in [1.29, 1.82) is 0 Å². The third-order valence-electron chi connectivity index (χ3n) is 4.15. The van der Waals surface area contributed by atoms with Gasteiger partial charge in [0, 0.05) is 19.4 Å². The molecule has 2 aromatic rings. The molecule has 2 heterocycles. The zero-order chi connectivity index (χ0) is 17.3. The Morgan fingerprint density at radius 2 is 2.17 bits per heavy atom. The Hall–Kier alpha value is -2.52. The van der Waals surface area contributed by atoms with E-state index in [0.29, 0.717) is 22.3 Å². The van der Waals surface area contributed by atoms with E-state index in [2.05, 4.69) is 16.2 Å². The van der Waals surface area contributed by atoms with E-state index in [4.69, 9.17) is 6.42 Å². The van der Waals surface area contributed by atoms with Crippen LogP contribution in [0.2, 0.25) is 0 Å². The van der Waals surface area contributed by atoms with E-state index in [9.17, 15) is 9.59 Å². The maximum Gasteiger partial charge on any atom is 0.279 e. The highest BCUT2D eigenvalue weighted by Gasteiger charge is 2.32. The third kappa shape index (κ3) is 2.83. The summed E-state index contributed by atoms with van der Waals surface area (Å²) in [4.78, 5) is 29.1. The SMILES string of the molecule is C#CCSc1nc(=O)c2c(n1C)NC(=O)CC2c1ccccc1C. The van der Waals surface area contributed by atoms with Crippen molar-refractivity contribution in [3.05, 3.63) is 51.3 Å². The highest BCUT2D eigenvalue weighted by molar-refractivity contribution is 7.99. The number of benzene rings is 1. The van der Waals surface area contributed by atoms with E-state index in [0.717, 1.165) is 11.1 Å².